The molecule has 2 aromatic carbocycles. The molecule has 1 unspecified atom stereocenters. The molecule has 180 valence electrons. The van der Waals surface area contributed by atoms with Crippen molar-refractivity contribution in [2.75, 3.05) is 6.61 Å². The van der Waals surface area contributed by atoms with Crippen molar-refractivity contribution in [1.29, 1.82) is 0 Å². The number of nitrogens with one attached hydrogen (secondary N) is 1. The Morgan fingerprint density at radius 2 is 1.74 bits per heavy atom. The van der Waals surface area contributed by atoms with Gasteiger partial charge in [0.15, 0.2) is 17.8 Å². The lowest BCUT2D eigenvalue weighted by atomic mass is 9.98. The number of alkyl carbamates (subject to hydrolysis) is 1. The van der Waals surface area contributed by atoms with Gasteiger partial charge < -0.3 is 24.5 Å². The summed E-state index contributed by atoms with van der Waals surface area (Å²) < 4.78 is 10.8. The highest BCUT2D eigenvalue weighted by Gasteiger charge is 2.40. The van der Waals surface area contributed by atoms with Crippen LogP contribution < -0.4 is 5.32 Å². The number of hydrogen-bond acceptors (Lipinski definition) is 6. The van der Waals surface area contributed by atoms with Crippen LogP contribution in [0.3, 0.4) is 0 Å². The Balaban J connectivity index is 1.22. The Kier molecular flexibility index (Phi) is 5.98. The summed E-state index contributed by atoms with van der Waals surface area (Å²) in [5, 5.41) is 12.0. The lowest BCUT2D eigenvalue weighted by Crippen LogP contribution is -2.45. The van der Waals surface area contributed by atoms with Crippen LogP contribution in [0.15, 0.2) is 59.3 Å². The number of oxazole rings is 1. The molecule has 0 saturated heterocycles. The fourth-order valence-electron chi connectivity index (χ4n) is 4.62. The summed E-state index contributed by atoms with van der Waals surface area (Å²) in [5.41, 5.74) is 4.48. The number of aliphatic carboxylic acids is 1. The van der Waals surface area contributed by atoms with E-state index in [0.29, 0.717) is 0 Å². The lowest BCUT2D eigenvalue weighted by molar-refractivity contribution is -0.141. The molecule has 2 N–H and O–H groups in total. The average Bonchev–Trinajstić information content (AvgIpc) is 3.48. The van der Waals surface area contributed by atoms with E-state index in [2.05, 4.69) is 22.4 Å². The summed E-state index contributed by atoms with van der Waals surface area (Å²) in [4.78, 5) is 42.3. The molecule has 9 heteroatoms. The standard InChI is InChI=1S/C26H25N3O6/c1-15(25(31)32)29(16-10-11-16)24(30)23-22(35-14-28-23)12-27-26(33)34-13-21-19-8-4-2-6-17(19)18-7-3-5-9-20(18)21/h2-9,14-16,21H,10-13H2,1H3,(H,27,33)(H,31,32). The van der Waals surface area contributed by atoms with Crippen molar-refractivity contribution in [3.05, 3.63) is 77.5 Å². The molecular weight excluding hydrogens is 450 g/mol. The molecular formula is C26H25N3O6. The number of carboxylic acid groups (broad SMARTS) is 1. The maximum Gasteiger partial charge on any atom is 0.407 e. The Morgan fingerprint density at radius 3 is 2.34 bits per heavy atom. The van der Waals surface area contributed by atoms with Gasteiger partial charge in [0.05, 0.1) is 6.54 Å². The summed E-state index contributed by atoms with van der Waals surface area (Å²) in [6.07, 6.45) is 1.95. The van der Waals surface area contributed by atoms with Gasteiger partial charge in [0.25, 0.3) is 5.91 Å². The van der Waals surface area contributed by atoms with Crippen molar-refractivity contribution in [3.8, 4) is 11.1 Å². The number of hydrogen-bond donors (Lipinski definition) is 2. The molecule has 3 aromatic rings. The summed E-state index contributed by atoms with van der Waals surface area (Å²) in [7, 11) is 0. The highest BCUT2D eigenvalue weighted by atomic mass is 16.5. The molecule has 0 aliphatic heterocycles. The van der Waals surface area contributed by atoms with E-state index >= 15 is 0 Å². The average molecular weight is 476 g/mol. The maximum absolute atomic E-state index is 13.0. The number of carbonyl (C=O) groups excluding carboxylic acids is 2. The molecule has 1 saturated carbocycles. The smallest absolute Gasteiger partial charge is 0.407 e. The van der Waals surface area contributed by atoms with Gasteiger partial charge in [0, 0.05) is 12.0 Å². The number of carboxylic acids is 1. The van der Waals surface area contributed by atoms with Crippen molar-refractivity contribution in [2.45, 2.75) is 44.3 Å². The fraction of sp³-hybridized carbons (Fsp3) is 0.308. The monoisotopic (exact) mass is 475 g/mol. The second kappa shape index (κ2) is 9.25. The predicted molar refractivity (Wildman–Crippen MR) is 125 cm³/mol. The number of aromatic nitrogens is 1. The molecule has 1 aromatic heterocycles. The zero-order valence-corrected chi connectivity index (χ0v) is 19.1. The Labute approximate surface area is 201 Å². The Hall–Kier alpha value is -4.14. The van der Waals surface area contributed by atoms with Gasteiger partial charge >= 0.3 is 12.1 Å². The number of carbonyl (C=O) groups is 3. The number of rotatable bonds is 8. The van der Waals surface area contributed by atoms with Gasteiger partial charge in [-0.2, -0.15) is 0 Å². The van der Waals surface area contributed by atoms with E-state index in [1.54, 1.807) is 0 Å². The fourth-order valence-corrected chi connectivity index (χ4v) is 4.62. The Morgan fingerprint density at radius 1 is 1.11 bits per heavy atom. The topological polar surface area (TPSA) is 122 Å². The van der Waals surface area contributed by atoms with E-state index in [-0.39, 0.29) is 36.6 Å². The van der Waals surface area contributed by atoms with E-state index in [1.807, 2.05) is 36.4 Å². The molecule has 35 heavy (non-hydrogen) atoms. The van der Waals surface area contributed by atoms with Crippen molar-refractivity contribution >= 4 is 18.0 Å². The van der Waals surface area contributed by atoms with Crippen molar-refractivity contribution in [3.63, 3.8) is 0 Å². The first-order chi connectivity index (χ1) is 17.0. The van der Waals surface area contributed by atoms with Crippen LogP contribution in [0.25, 0.3) is 11.1 Å². The molecule has 1 heterocycles. The largest absolute Gasteiger partial charge is 0.480 e. The minimum Gasteiger partial charge on any atom is -0.480 e. The maximum atomic E-state index is 13.0. The molecule has 5 rings (SSSR count). The number of amides is 2. The molecule has 0 radical (unpaired) electrons. The predicted octanol–water partition coefficient (Wildman–Crippen LogP) is 3.79. The summed E-state index contributed by atoms with van der Waals surface area (Å²) in [6, 6.07) is 15.0. The summed E-state index contributed by atoms with van der Waals surface area (Å²) in [6.45, 7) is 1.51. The highest BCUT2D eigenvalue weighted by molar-refractivity contribution is 5.96. The van der Waals surface area contributed by atoms with E-state index < -0.39 is 24.0 Å². The molecule has 2 amide bonds. The third kappa shape index (κ3) is 4.37. The van der Waals surface area contributed by atoms with Crippen LogP contribution in [-0.2, 0) is 16.1 Å². The van der Waals surface area contributed by atoms with E-state index in [0.717, 1.165) is 41.5 Å². The van der Waals surface area contributed by atoms with Crippen LogP contribution in [0.5, 0.6) is 0 Å². The third-order valence-corrected chi connectivity index (χ3v) is 6.53. The van der Waals surface area contributed by atoms with Gasteiger partial charge in [0.2, 0.25) is 0 Å². The molecule has 2 aliphatic carbocycles. The van der Waals surface area contributed by atoms with Crippen molar-refractivity contribution in [2.24, 2.45) is 0 Å². The molecule has 1 fully saturated rings. The van der Waals surface area contributed by atoms with Gasteiger partial charge in [-0.25, -0.2) is 14.6 Å². The highest BCUT2D eigenvalue weighted by Crippen LogP contribution is 2.44. The van der Waals surface area contributed by atoms with Gasteiger partial charge in [-0.05, 0) is 42.0 Å². The van der Waals surface area contributed by atoms with Gasteiger partial charge in [-0.3, -0.25) is 4.79 Å². The molecule has 0 bridgehead atoms. The van der Waals surface area contributed by atoms with Crippen LogP contribution >= 0.6 is 0 Å². The SMILES string of the molecule is CC(C(=O)O)N(C(=O)c1ncoc1CNC(=O)OCC1c2ccccc2-c2ccccc21)C1CC1. The molecule has 9 nitrogen and oxygen atoms in total. The first-order valence-corrected chi connectivity index (χ1v) is 11.5. The minimum atomic E-state index is -1.09. The minimum absolute atomic E-state index is 0.0102. The molecule has 1 atom stereocenters. The third-order valence-electron chi connectivity index (χ3n) is 6.53. The van der Waals surface area contributed by atoms with Crippen LogP contribution in [0.2, 0.25) is 0 Å². The number of benzene rings is 2. The normalized spacial score (nSPS) is 15.1. The van der Waals surface area contributed by atoms with E-state index in [1.165, 1.54) is 11.8 Å². The second-order valence-electron chi connectivity index (χ2n) is 8.76. The quantitative estimate of drug-likeness (QED) is 0.508. The lowest BCUT2D eigenvalue weighted by Gasteiger charge is -2.25. The van der Waals surface area contributed by atoms with Gasteiger partial charge in [-0.1, -0.05) is 48.5 Å². The van der Waals surface area contributed by atoms with Crippen LogP contribution in [0.1, 0.15) is 53.1 Å². The second-order valence-corrected chi connectivity index (χ2v) is 8.76. The zero-order valence-electron chi connectivity index (χ0n) is 19.1. The number of ether oxygens (including phenoxy) is 1. The Bertz CT molecular complexity index is 1240. The van der Waals surface area contributed by atoms with E-state index in [4.69, 9.17) is 9.15 Å². The zero-order chi connectivity index (χ0) is 24.5. The first kappa shape index (κ1) is 22.6. The van der Waals surface area contributed by atoms with Gasteiger partial charge in [0.1, 0.15) is 12.6 Å². The summed E-state index contributed by atoms with van der Waals surface area (Å²) >= 11 is 0. The first-order valence-electron chi connectivity index (χ1n) is 11.5. The number of fused-ring (bicyclic) bond motifs is 3. The van der Waals surface area contributed by atoms with E-state index in [9.17, 15) is 19.5 Å². The van der Waals surface area contributed by atoms with Crippen LogP contribution in [0.4, 0.5) is 4.79 Å². The van der Waals surface area contributed by atoms with Gasteiger partial charge in [-0.15, -0.1) is 0 Å². The summed E-state index contributed by atoms with van der Waals surface area (Å²) in [5.74, 6) is -1.54. The molecule has 2 aliphatic rings. The van der Waals surface area contributed by atoms with Crippen LogP contribution in [-0.4, -0.2) is 51.7 Å². The molecule has 0 spiro atoms. The van der Waals surface area contributed by atoms with Crippen molar-refractivity contribution < 1.29 is 28.6 Å². The van der Waals surface area contributed by atoms with Crippen LogP contribution in [0, 0.1) is 0 Å². The number of nitrogens with zero attached hydrogens (tertiary/aromatic N) is 2. The van der Waals surface area contributed by atoms with Crippen molar-refractivity contribution in [1.82, 2.24) is 15.2 Å².